The van der Waals surface area contributed by atoms with Crippen molar-refractivity contribution in [2.75, 3.05) is 18.0 Å². The van der Waals surface area contributed by atoms with Gasteiger partial charge in [-0.05, 0) is 90.1 Å². The third kappa shape index (κ3) is 8.10. The van der Waals surface area contributed by atoms with Crippen LogP contribution in [-0.4, -0.2) is 50.9 Å². The maximum absolute atomic E-state index is 14.2. The predicted octanol–water partition coefficient (Wildman–Crippen LogP) is 6.48. The highest BCUT2D eigenvalue weighted by atomic mass is 79.9. The second kappa shape index (κ2) is 14.6. The smallest absolute Gasteiger partial charge is 0.264 e. The summed E-state index contributed by atoms with van der Waals surface area (Å²) in [7, 11) is -2.72. The van der Waals surface area contributed by atoms with Gasteiger partial charge in [-0.15, -0.1) is 0 Å². The van der Waals surface area contributed by atoms with Gasteiger partial charge in [0.05, 0.1) is 22.2 Å². The summed E-state index contributed by atoms with van der Waals surface area (Å²) < 4.78 is 35.1. The highest BCUT2D eigenvalue weighted by Crippen LogP contribution is 2.31. The van der Waals surface area contributed by atoms with Crippen LogP contribution >= 0.6 is 27.5 Å². The van der Waals surface area contributed by atoms with Crippen molar-refractivity contribution in [1.82, 2.24) is 10.2 Å². The minimum absolute atomic E-state index is 0.0104. The first-order valence-corrected chi connectivity index (χ1v) is 16.9. The molecule has 1 N–H and O–H groups in total. The molecule has 1 fully saturated rings. The van der Waals surface area contributed by atoms with Gasteiger partial charge in [0.1, 0.15) is 18.3 Å². The summed E-state index contributed by atoms with van der Waals surface area (Å²) in [6.45, 7) is 3.36. The van der Waals surface area contributed by atoms with Crippen molar-refractivity contribution in [1.29, 1.82) is 0 Å². The van der Waals surface area contributed by atoms with Gasteiger partial charge in [0, 0.05) is 17.6 Å². The molecule has 0 aromatic heterocycles. The summed E-state index contributed by atoms with van der Waals surface area (Å²) in [6, 6.07) is 17.7. The van der Waals surface area contributed by atoms with Gasteiger partial charge in [-0.3, -0.25) is 13.9 Å². The van der Waals surface area contributed by atoms with Gasteiger partial charge in [0.15, 0.2) is 0 Å². The van der Waals surface area contributed by atoms with Crippen LogP contribution in [0.4, 0.5) is 5.69 Å². The fourth-order valence-electron chi connectivity index (χ4n) is 5.25. The first-order valence-electron chi connectivity index (χ1n) is 14.3. The minimum atomic E-state index is -4.21. The summed E-state index contributed by atoms with van der Waals surface area (Å²) in [5.74, 6) is -0.259. The van der Waals surface area contributed by atoms with Gasteiger partial charge >= 0.3 is 0 Å². The van der Waals surface area contributed by atoms with E-state index in [0.29, 0.717) is 27.4 Å². The molecule has 1 atom stereocenters. The van der Waals surface area contributed by atoms with Gasteiger partial charge in [-0.1, -0.05) is 61.2 Å². The van der Waals surface area contributed by atoms with Gasteiger partial charge < -0.3 is 15.0 Å². The molecule has 3 aromatic rings. The molecule has 0 spiro atoms. The molecular formula is C32H37BrClN3O5S. The average Bonchev–Trinajstić information content (AvgIpc) is 3.50. The second-order valence-corrected chi connectivity index (χ2v) is 13.9. The number of aryl methyl sites for hydroxylation is 1. The number of sulfonamides is 1. The lowest BCUT2D eigenvalue weighted by Gasteiger charge is -2.34. The maximum Gasteiger partial charge on any atom is 0.264 e. The van der Waals surface area contributed by atoms with E-state index < -0.39 is 28.5 Å². The number of carbonyl (C=O) groups excluding carboxylic acids is 2. The predicted molar refractivity (Wildman–Crippen MR) is 173 cm³/mol. The molecule has 11 heteroatoms. The van der Waals surface area contributed by atoms with Crippen molar-refractivity contribution in [3.05, 3.63) is 87.4 Å². The van der Waals surface area contributed by atoms with E-state index in [1.165, 1.54) is 24.1 Å². The Bertz CT molecular complexity index is 1530. The molecule has 2 amide bonds. The molecule has 230 valence electrons. The van der Waals surface area contributed by atoms with Crippen LogP contribution in [0.1, 0.15) is 50.2 Å². The van der Waals surface area contributed by atoms with Crippen LogP contribution in [0.15, 0.2) is 76.1 Å². The molecule has 1 saturated carbocycles. The Morgan fingerprint density at radius 1 is 1.05 bits per heavy atom. The number of benzene rings is 3. The number of hydrogen-bond acceptors (Lipinski definition) is 5. The average molecular weight is 691 g/mol. The van der Waals surface area contributed by atoms with Crippen molar-refractivity contribution in [3.8, 4) is 5.75 Å². The standard InChI is InChI=1S/C32H37BrClN3O5S/c1-4-29(32(39)35-25-7-5-6-8-25)36(20-23-11-13-24(34)14-12-23)31(38)21-37(26-15-9-22(2)10-16-26)43(40,41)27-17-18-30(42-3)28(33)19-27/h9-19,25,29H,4-8,20-21H2,1-3H3,(H,35,39)/t29-/m1/s1. The molecule has 0 saturated heterocycles. The summed E-state index contributed by atoms with van der Waals surface area (Å²) >= 11 is 9.48. The van der Waals surface area contributed by atoms with E-state index in [1.807, 2.05) is 13.8 Å². The van der Waals surface area contributed by atoms with Crippen LogP contribution < -0.4 is 14.4 Å². The molecule has 0 bridgehead atoms. The maximum atomic E-state index is 14.2. The van der Waals surface area contributed by atoms with Crippen LogP contribution in [0.3, 0.4) is 0 Å². The molecule has 8 nitrogen and oxygen atoms in total. The van der Waals surface area contributed by atoms with E-state index >= 15 is 0 Å². The zero-order valence-electron chi connectivity index (χ0n) is 24.6. The molecule has 3 aromatic carbocycles. The zero-order valence-corrected chi connectivity index (χ0v) is 27.7. The van der Waals surface area contributed by atoms with Crippen LogP contribution in [-0.2, 0) is 26.2 Å². The van der Waals surface area contributed by atoms with Crippen molar-refractivity contribution in [2.45, 2.75) is 69.5 Å². The molecule has 1 aliphatic rings. The molecule has 43 heavy (non-hydrogen) atoms. The highest BCUT2D eigenvalue weighted by molar-refractivity contribution is 9.10. The number of ether oxygens (including phenoxy) is 1. The topological polar surface area (TPSA) is 96.0 Å². The lowest BCUT2D eigenvalue weighted by Crippen LogP contribution is -2.53. The molecule has 0 unspecified atom stereocenters. The molecular weight excluding hydrogens is 654 g/mol. The SMILES string of the molecule is CC[C@H](C(=O)NC1CCCC1)N(Cc1ccc(Cl)cc1)C(=O)CN(c1ccc(C)cc1)S(=O)(=O)c1ccc(OC)c(Br)c1. The highest BCUT2D eigenvalue weighted by Gasteiger charge is 2.34. The fourth-order valence-corrected chi connectivity index (χ4v) is 7.51. The number of rotatable bonds is 12. The molecule has 0 aliphatic heterocycles. The lowest BCUT2D eigenvalue weighted by atomic mass is 10.1. The van der Waals surface area contributed by atoms with E-state index in [9.17, 15) is 18.0 Å². The summed E-state index contributed by atoms with van der Waals surface area (Å²) in [4.78, 5) is 29.3. The number of methoxy groups -OCH3 is 1. The zero-order chi connectivity index (χ0) is 31.1. The van der Waals surface area contributed by atoms with E-state index in [0.717, 1.165) is 41.1 Å². The quantitative estimate of drug-likeness (QED) is 0.235. The second-order valence-electron chi connectivity index (χ2n) is 10.7. The number of carbonyl (C=O) groups is 2. The summed E-state index contributed by atoms with van der Waals surface area (Å²) in [5, 5.41) is 3.67. The van der Waals surface area contributed by atoms with E-state index in [1.54, 1.807) is 54.6 Å². The number of amides is 2. The number of nitrogens with one attached hydrogen (secondary N) is 1. The van der Waals surface area contributed by atoms with Crippen LogP contribution in [0.25, 0.3) is 0 Å². The van der Waals surface area contributed by atoms with E-state index in [2.05, 4.69) is 21.2 Å². The Hall–Kier alpha value is -3.08. The number of nitrogens with zero attached hydrogens (tertiary/aromatic N) is 2. The van der Waals surface area contributed by atoms with E-state index in [-0.39, 0.29) is 23.4 Å². The number of anilines is 1. The molecule has 0 radical (unpaired) electrons. The Kier molecular flexibility index (Phi) is 11.1. The summed E-state index contributed by atoms with van der Waals surface area (Å²) in [5.41, 5.74) is 2.05. The third-order valence-corrected chi connectivity index (χ3v) is 10.3. The number of hydrogen-bond donors (Lipinski definition) is 1. The Balaban J connectivity index is 1.72. The van der Waals surface area contributed by atoms with Crippen molar-refractivity contribution in [3.63, 3.8) is 0 Å². The van der Waals surface area contributed by atoms with Gasteiger partial charge in [0.2, 0.25) is 11.8 Å². The van der Waals surface area contributed by atoms with Crippen LogP contribution in [0, 0.1) is 6.92 Å². The fraction of sp³-hybridized carbons (Fsp3) is 0.375. The van der Waals surface area contributed by atoms with E-state index in [4.69, 9.17) is 16.3 Å². The Morgan fingerprint density at radius 2 is 1.70 bits per heavy atom. The minimum Gasteiger partial charge on any atom is -0.496 e. The largest absolute Gasteiger partial charge is 0.496 e. The summed E-state index contributed by atoms with van der Waals surface area (Å²) in [6.07, 6.45) is 4.29. The van der Waals surface area contributed by atoms with Crippen molar-refractivity contribution >= 4 is 55.1 Å². The first kappa shape index (κ1) is 32.8. The Labute approximate surface area is 267 Å². The first-order chi connectivity index (χ1) is 20.5. The number of halogens is 2. The Morgan fingerprint density at radius 3 is 2.28 bits per heavy atom. The monoisotopic (exact) mass is 689 g/mol. The van der Waals surface area contributed by atoms with Crippen LogP contribution in [0.2, 0.25) is 5.02 Å². The van der Waals surface area contributed by atoms with Crippen molar-refractivity contribution < 1.29 is 22.7 Å². The van der Waals surface area contributed by atoms with Gasteiger partial charge in [-0.2, -0.15) is 0 Å². The van der Waals surface area contributed by atoms with Gasteiger partial charge in [0.25, 0.3) is 10.0 Å². The third-order valence-electron chi connectivity index (χ3n) is 7.67. The molecule has 1 aliphatic carbocycles. The molecule has 0 heterocycles. The van der Waals surface area contributed by atoms with Crippen molar-refractivity contribution in [2.24, 2.45) is 0 Å². The van der Waals surface area contributed by atoms with Gasteiger partial charge in [-0.25, -0.2) is 8.42 Å². The van der Waals surface area contributed by atoms with Crippen LogP contribution in [0.5, 0.6) is 5.75 Å². The molecule has 4 rings (SSSR count). The lowest BCUT2D eigenvalue weighted by molar-refractivity contribution is -0.140. The normalized spacial score (nSPS) is 14.3.